The number of anilines is 2. The van der Waals surface area contributed by atoms with E-state index in [0.29, 0.717) is 5.69 Å². The molecule has 0 fully saturated rings. The predicted molar refractivity (Wildman–Crippen MR) is 68.9 cm³/mol. The summed E-state index contributed by atoms with van der Waals surface area (Å²) in [6.45, 7) is 3.95. The van der Waals surface area contributed by atoms with Crippen LogP contribution in [0.4, 0.5) is 11.4 Å². The van der Waals surface area contributed by atoms with Crippen LogP contribution in [0.2, 0.25) is 0 Å². The lowest BCUT2D eigenvalue weighted by Gasteiger charge is -2.14. The molecule has 0 radical (unpaired) electrons. The molecule has 16 heavy (non-hydrogen) atoms. The summed E-state index contributed by atoms with van der Waals surface area (Å²) >= 11 is 1.63. The fourth-order valence-electron chi connectivity index (χ4n) is 1.54. The summed E-state index contributed by atoms with van der Waals surface area (Å²) in [4.78, 5) is 4.41. The summed E-state index contributed by atoms with van der Waals surface area (Å²) in [6.07, 6.45) is 0. The Bertz CT molecular complexity index is 509. The number of aliphatic hydroxyl groups excluding tert-OH is 1. The maximum absolute atomic E-state index is 8.99. The maximum atomic E-state index is 8.99. The Balaban J connectivity index is 2.41. The van der Waals surface area contributed by atoms with Crippen molar-refractivity contribution < 1.29 is 5.11 Å². The van der Waals surface area contributed by atoms with E-state index in [1.807, 2.05) is 26.0 Å². The number of thiazole rings is 1. The first-order chi connectivity index (χ1) is 7.60. The van der Waals surface area contributed by atoms with Gasteiger partial charge in [0.25, 0.3) is 0 Å². The van der Waals surface area contributed by atoms with Crippen LogP contribution < -0.4 is 11.1 Å². The topological polar surface area (TPSA) is 71.2 Å². The summed E-state index contributed by atoms with van der Waals surface area (Å²) in [5.41, 5.74) is 8.41. The average Bonchev–Trinajstić information content (AvgIpc) is 2.58. The minimum absolute atomic E-state index is 0.0144. The van der Waals surface area contributed by atoms with E-state index in [2.05, 4.69) is 10.3 Å². The van der Waals surface area contributed by atoms with E-state index in [4.69, 9.17) is 10.8 Å². The van der Waals surface area contributed by atoms with Gasteiger partial charge < -0.3 is 16.2 Å². The molecular formula is C11H15N3OS. The second kappa shape index (κ2) is 4.27. The molecule has 1 aromatic carbocycles. The van der Waals surface area contributed by atoms with Crippen LogP contribution in [-0.2, 0) is 0 Å². The number of nitrogens with two attached hydrogens (primary N) is 1. The largest absolute Gasteiger partial charge is 0.397 e. The van der Waals surface area contributed by atoms with E-state index in [1.54, 1.807) is 11.3 Å². The lowest BCUT2D eigenvalue weighted by atomic mass is 10.2. The standard InChI is InChI=1S/C11H15N3OS/c1-6(5-15)13-9-4-10-11(3-8(9)12)16-7(2)14-10/h3-4,6,13,15H,5,12H2,1-2H3. The highest BCUT2D eigenvalue weighted by molar-refractivity contribution is 7.18. The molecule has 0 amide bonds. The van der Waals surface area contributed by atoms with Gasteiger partial charge in [0.05, 0.1) is 33.2 Å². The van der Waals surface area contributed by atoms with Crippen LogP contribution in [0.15, 0.2) is 12.1 Å². The Morgan fingerprint density at radius 3 is 3.00 bits per heavy atom. The number of aryl methyl sites for hydroxylation is 1. The van der Waals surface area contributed by atoms with Crippen LogP contribution in [0, 0.1) is 6.92 Å². The fraction of sp³-hybridized carbons (Fsp3) is 0.364. The third-order valence-electron chi connectivity index (χ3n) is 2.34. The van der Waals surface area contributed by atoms with Gasteiger partial charge in [-0.3, -0.25) is 0 Å². The Hall–Kier alpha value is -1.33. The van der Waals surface area contributed by atoms with Gasteiger partial charge in [-0.05, 0) is 26.0 Å². The van der Waals surface area contributed by atoms with Crippen molar-refractivity contribution in [3.8, 4) is 0 Å². The second-order valence-electron chi connectivity index (χ2n) is 3.87. The number of nitrogen functional groups attached to an aromatic ring is 1. The number of nitrogens with one attached hydrogen (secondary N) is 1. The van der Waals surface area contributed by atoms with E-state index in [0.717, 1.165) is 20.9 Å². The summed E-state index contributed by atoms with van der Waals surface area (Å²) in [7, 11) is 0. The molecule has 0 aliphatic carbocycles. The zero-order chi connectivity index (χ0) is 11.7. The van der Waals surface area contributed by atoms with Gasteiger partial charge >= 0.3 is 0 Å². The van der Waals surface area contributed by atoms with Gasteiger partial charge in [-0.1, -0.05) is 0 Å². The van der Waals surface area contributed by atoms with Crippen molar-refractivity contribution in [1.29, 1.82) is 0 Å². The van der Waals surface area contributed by atoms with E-state index in [9.17, 15) is 0 Å². The van der Waals surface area contributed by atoms with Crippen LogP contribution in [0.25, 0.3) is 10.2 Å². The van der Waals surface area contributed by atoms with Crippen LogP contribution in [0.5, 0.6) is 0 Å². The van der Waals surface area contributed by atoms with Gasteiger partial charge in [0.2, 0.25) is 0 Å². The van der Waals surface area contributed by atoms with Crippen LogP contribution in [0.1, 0.15) is 11.9 Å². The molecule has 5 heteroatoms. The minimum Gasteiger partial charge on any atom is -0.397 e. The first kappa shape index (κ1) is 11.2. The van der Waals surface area contributed by atoms with Crippen molar-refractivity contribution in [2.75, 3.05) is 17.7 Å². The number of fused-ring (bicyclic) bond motifs is 1. The van der Waals surface area contributed by atoms with Gasteiger partial charge in [-0.15, -0.1) is 11.3 Å². The number of rotatable bonds is 3. The van der Waals surface area contributed by atoms with Gasteiger partial charge in [0, 0.05) is 6.04 Å². The van der Waals surface area contributed by atoms with Crippen molar-refractivity contribution in [2.24, 2.45) is 0 Å². The summed E-state index contributed by atoms with van der Waals surface area (Å²) in [6, 6.07) is 3.84. The Kier molecular flexibility index (Phi) is 2.98. The van der Waals surface area contributed by atoms with Crippen molar-refractivity contribution in [2.45, 2.75) is 19.9 Å². The maximum Gasteiger partial charge on any atom is 0.0907 e. The third-order valence-corrected chi connectivity index (χ3v) is 3.28. The van der Waals surface area contributed by atoms with Gasteiger partial charge in [0.1, 0.15) is 0 Å². The van der Waals surface area contributed by atoms with E-state index < -0.39 is 0 Å². The van der Waals surface area contributed by atoms with Crippen molar-refractivity contribution in [1.82, 2.24) is 4.98 Å². The highest BCUT2D eigenvalue weighted by atomic mass is 32.1. The highest BCUT2D eigenvalue weighted by Crippen LogP contribution is 2.29. The van der Waals surface area contributed by atoms with Gasteiger partial charge in [-0.2, -0.15) is 0 Å². The molecule has 1 atom stereocenters. The van der Waals surface area contributed by atoms with E-state index in [-0.39, 0.29) is 12.6 Å². The molecule has 0 aliphatic rings. The molecule has 0 spiro atoms. The molecule has 1 aromatic heterocycles. The van der Waals surface area contributed by atoms with Crippen LogP contribution in [-0.4, -0.2) is 22.7 Å². The van der Waals surface area contributed by atoms with Crippen LogP contribution >= 0.6 is 11.3 Å². The molecule has 2 aromatic rings. The van der Waals surface area contributed by atoms with E-state index >= 15 is 0 Å². The Morgan fingerprint density at radius 1 is 1.56 bits per heavy atom. The number of aliphatic hydroxyl groups is 1. The molecule has 0 aliphatic heterocycles. The minimum atomic E-state index is -0.0144. The van der Waals surface area contributed by atoms with Crippen LogP contribution in [0.3, 0.4) is 0 Å². The SMILES string of the molecule is Cc1nc2cc(NC(C)CO)c(N)cc2s1. The molecule has 0 bridgehead atoms. The second-order valence-corrected chi connectivity index (χ2v) is 5.10. The van der Waals surface area contributed by atoms with Crippen molar-refractivity contribution >= 4 is 32.9 Å². The molecule has 0 saturated carbocycles. The molecule has 0 saturated heterocycles. The fourth-order valence-corrected chi connectivity index (χ4v) is 2.40. The molecule has 86 valence electrons. The number of hydrogen-bond donors (Lipinski definition) is 3. The zero-order valence-corrected chi connectivity index (χ0v) is 10.1. The lowest BCUT2D eigenvalue weighted by Crippen LogP contribution is -2.19. The molecule has 4 nitrogen and oxygen atoms in total. The van der Waals surface area contributed by atoms with Crippen molar-refractivity contribution in [3.63, 3.8) is 0 Å². The van der Waals surface area contributed by atoms with Crippen molar-refractivity contribution in [3.05, 3.63) is 17.1 Å². The summed E-state index contributed by atoms with van der Waals surface area (Å²) in [5, 5.41) is 13.2. The molecular weight excluding hydrogens is 222 g/mol. The highest BCUT2D eigenvalue weighted by Gasteiger charge is 2.08. The molecule has 1 heterocycles. The summed E-state index contributed by atoms with van der Waals surface area (Å²) in [5.74, 6) is 0. The smallest absolute Gasteiger partial charge is 0.0907 e. The summed E-state index contributed by atoms with van der Waals surface area (Å²) < 4.78 is 1.09. The monoisotopic (exact) mass is 237 g/mol. The molecule has 1 unspecified atom stereocenters. The number of nitrogens with zero attached hydrogens (tertiary/aromatic N) is 1. The first-order valence-electron chi connectivity index (χ1n) is 5.14. The first-order valence-corrected chi connectivity index (χ1v) is 5.96. The van der Waals surface area contributed by atoms with Gasteiger partial charge in [0.15, 0.2) is 0 Å². The number of hydrogen-bond acceptors (Lipinski definition) is 5. The Labute approximate surface area is 98.1 Å². The van der Waals surface area contributed by atoms with E-state index in [1.165, 1.54) is 0 Å². The zero-order valence-electron chi connectivity index (χ0n) is 9.32. The third kappa shape index (κ3) is 2.10. The number of aromatic nitrogens is 1. The van der Waals surface area contributed by atoms with Gasteiger partial charge in [-0.25, -0.2) is 4.98 Å². The quantitative estimate of drug-likeness (QED) is 0.714. The lowest BCUT2D eigenvalue weighted by molar-refractivity contribution is 0.281. The normalized spacial score (nSPS) is 12.9. The molecule has 2 rings (SSSR count). The predicted octanol–water partition coefficient (Wildman–Crippen LogP) is 1.98. The average molecular weight is 237 g/mol. The Morgan fingerprint density at radius 2 is 2.31 bits per heavy atom. The molecule has 4 N–H and O–H groups in total. The number of benzene rings is 1.